The van der Waals surface area contributed by atoms with E-state index in [1.807, 2.05) is 6.07 Å². The number of carboxylic acids is 1. The average Bonchev–Trinajstić information content (AvgIpc) is 2.49. The van der Waals surface area contributed by atoms with Crippen molar-refractivity contribution in [3.05, 3.63) is 28.2 Å². The second kappa shape index (κ2) is 6.72. The summed E-state index contributed by atoms with van der Waals surface area (Å²) in [6, 6.07) is 7.14. The number of aliphatic carboxylic acids is 1. The molecule has 2 rings (SSSR count). The van der Waals surface area contributed by atoms with Crippen molar-refractivity contribution in [3.63, 3.8) is 0 Å². The Labute approximate surface area is 131 Å². The van der Waals surface area contributed by atoms with Crippen molar-refractivity contribution >= 4 is 33.5 Å². The molecule has 1 saturated carbocycles. The summed E-state index contributed by atoms with van der Waals surface area (Å²) in [6.07, 6.45) is 2.19. The molecule has 1 fully saturated rings. The molecular weight excluding hydrogens is 336 g/mol. The third kappa shape index (κ3) is 3.82. The van der Waals surface area contributed by atoms with Gasteiger partial charge in [0.2, 0.25) is 5.91 Å². The molecule has 2 N–H and O–H groups in total. The maximum absolute atomic E-state index is 12.2. The molecule has 6 heteroatoms. The standard InChI is InChI=1S/C15H15BrN2O3/c16-12-5-6-13(11(7-12)8-17)18-14(19)9-1-3-10(4-2-9)15(20)21/h5-7,9-10H,1-4H2,(H,18,19)(H,20,21). The van der Waals surface area contributed by atoms with E-state index in [0.29, 0.717) is 36.9 Å². The van der Waals surface area contributed by atoms with Gasteiger partial charge in [0.05, 0.1) is 17.2 Å². The number of nitriles is 1. The van der Waals surface area contributed by atoms with Gasteiger partial charge in [-0.15, -0.1) is 0 Å². The molecule has 0 spiro atoms. The molecule has 110 valence electrons. The summed E-state index contributed by atoms with van der Waals surface area (Å²) >= 11 is 3.28. The number of hydrogen-bond acceptors (Lipinski definition) is 3. The van der Waals surface area contributed by atoms with Crippen LogP contribution in [0, 0.1) is 23.2 Å². The molecule has 1 aromatic carbocycles. The quantitative estimate of drug-likeness (QED) is 0.875. The third-order valence-electron chi connectivity index (χ3n) is 3.81. The first-order chi connectivity index (χ1) is 10.0. The molecule has 1 aliphatic rings. The Morgan fingerprint density at radius 3 is 2.43 bits per heavy atom. The van der Waals surface area contributed by atoms with Crippen LogP contribution in [0.4, 0.5) is 5.69 Å². The molecule has 1 aliphatic carbocycles. The predicted molar refractivity (Wildman–Crippen MR) is 80.6 cm³/mol. The van der Waals surface area contributed by atoms with Crippen LogP contribution >= 0.6 is 15.9 Å². The van der Waals surface area contributed by atoms with Gasteiger partial charge in [0.25, 0.3) is 0 Å². The van der Waals surface area contributed by atoms with Gasteiger partial charge in [-0.2, -0.15) is 5.26 Å². The van der Waals surface area contributed by atoms with Crippen molar-refractivity contribution < 1.29 is 14.7 Å². The lowest BCUT2D eigenvalue weighted by Crippen LogP contribution is -2.29. The number of nitrogens with zero attached hydrogens (tertiary/aromatic N) is 1. The van der Waals surface area contributed by atoms with E-state index in [1.165, 1.54) is 0 Å². The highest BCUT2D eigenvalue weighted by Crippen LogP contribution is 2.30. The van der Waals surface area contributed by atoms with Crippen molar-refractivity contribution in [1.29, 1.82) is 5.26 Å². The van der Waals surface area contributed by atoms with E-state index in [1.54, 1.807) is 18.2 Å². The van der Waals surface area contributed by atoms with E-state index in [-0.39, 0.29) is 17.7 Å². The minimum Gasteiger partial charge on any atom is -0.481 e. The summed E-state index contributed by atoms with van der Waals surface area (Å²) in [5, 5.41) is 20.8. The van der Waals surface area contributed by atoms with E-state index in [0.717, 1.165) is 4.47 Å². The number of amides is 1. The van der Waals surface area contributed by atoms with Gasteiger partial charge in [0.1, 0.15) is 6.07 Å². The topological polar surface area (TPSA) is 90.2 Å². The third-order valence-corrected chi connectivity index (χ3v) is 4.30. The summed E-state index contributed by atoms with van der Waals surface area (Å²) in [7, 11) is 0. The Morgan fingerprint density at radius 1 is 1.24 bits per heavy atom. The minimum absolute atomic E-state index is 0.141. The molecule has 0 bridgehead atoms. The lowest BCUT2D eigenvalue weighted by Gasteiger charge is -2.25. The van der Waals surface area contributed by atoms with Crippen LogP contribution in [0.3, 0.4) is 0 Å². The summed E-state index contributed by atoms with van der Waals surface area (Å²) in [6.45, 7) is 0. The fraction of sp³-hybridized carbons (Fsp3) is 0.400. The molecular formula is C15H15BrN2O3. The van der Waals surface area contributed by atoms with Gasteiger partial charge in [-0.3, -0.25) is 9.59 Å². The second-order valence-electron chi connectivity index (χ2n) is 5.18. The van der Waals surface area contributed by atoms with Crippen molar-refractivity contribution in [2.24, 2.45) is 11.8 Å². The van der Waals surface area contributed by atoms with Crippen LogP contribution in [-0.4, -0.2) is 17.0 Å². The first kappa shape index (κ1) is 15.5. The number of benzene rings is 1. The van der Waals surface area contributed by atoms with Crippen molar-refractivity contribution in [2.75, 3.05) is 5.32 Å². The monoisotopic (exact) mass is 350 g/mol. The van der Waals surface area contributed by atoms with Crippen LogP contribution in [0.5, 0.6) is 0 Å². The van der Waals surface area contributed by atoms with Crippen LogP contribution in [0.15, 0.2) is 22.7 Å². The van der Waals surface area contributed by atoms with Gasteiger partial charge < -0.3 is 10.4 Å². The molecule has 0 radical (unpaired) electrons. The zero-order valence-electron chi connectivity index (χ0n) is 11.3. The van der Waals surface area contributed by atoms with Crippen LogP contribution < -0.4 is 5.32 Å². The summed E-state index contributed by atoms with van der Waals surface area (Å²) in [4.78, 5) is 23.1. The fourth-order valence-corrected chi connectivity index (χ4v) is 2.92. The number of halogens is 1. The first-order valence-electron chi connectivity index (χ1n) is 6.74. The fourth-order valence-electron chi connectivity index (χ4n) is 2.56. The summed E-state index contributed by atoms with van der Waals surface area (Å²) in [5.41, 5.74) is 0.892. The molecule has 0 atom stereocenters. The molecule has 0 heterocycles. The predicted octanol–water partition coefficient (Wildman–Crippen LogP) is 3.15. The molecule has 5 nitrogen and oxygen atoms in total. The average molecular weight is 351 g/mol. The molecule has 0 saturated heterocycles. The number of carboxylic acid groups (broad SMARTS) is 1. The Bertz CT molecular complexity index is 601. The van der Waals surface area contributed by atoms with Gasteiger partial charge in [0.15, 0.2) is 0 Å². The van der Waals surface area contributed by atoms with Crippen LogP contribution in [0.1, 0.15) is 31.2 Å². The molecule has 1 amide bonds. The minimum atomic E-state index is -0.784. The van der Waals surface area contributed by atoms with E-state index in [2.05, 4.69) is 21.2 Å². The number of hydrogen-bond donors (Lipinski definition) is 2. The second-order valence-corrected chi connectivity index (χ2v) is 6.09. The van der Waals surface area contributed by atoms with E-state index >= 15 is 0 Å². The van der Waals surface area contributed by atoms with Gasteiger partial charge in [-0.25, -0.2) is 0 Å². The highest BCUT2D eigenvalue weighted by molar-refractivity contribution is 9.10. The Hall–Kier alpha value is -1.87. The number of nitrogens with one attached hydrogen (secondary N) is 1. The molecule has 21 heavy (non-hydrogen) atoms. The highest BCUT2D eigenvalue weighted by Gasteiger charge is 2.29. The van der Waals surface area contributed by atoms with Crippen molar-refractivity contribution in [2.45, 2.75) is 25.7 Å². The lowest BCUT2D eigenvalue weighted by molar-refractivity contribution is -0.143. The lowest BCUT2D eigenvalue weighted by atomic mass is 9.81. The van der Waals surface area contributed by atoms with Crippen LogP contribution in [0.25, 0.3) is 0 Å². The maximum atomic E-state index is 12.2. The van der Waals surface area contributed by atoms with Gasteiger partial charge in [0, 0.05) is 10.4 Å². The SMILES string of the molecule is N#Cc1cc(Br)ccc1NC(=O)C1CCC(C(=O)O)CC1. The van der Waals surface area contributed by atoms with Gasteiger partial charge in [-0.05, 0) is 43.9 Å². The van der Waals surface area contributed by atoms with Crippen LogP contribution in [-0.2, 0) is 9.59 Å². The highest BCUT2D eigenvalue weighted by atomic mass is 79.9. The van der Waals surface area contributed by atoms with E-state index in [9.17, 15) is 9.59 Å². The zero-order valence-corrected chi connectivity index (χ0v) is 12.9. The summed E-state index contributed by atoms with van der Waals surface area (Å²) < 4.78 is 0.777. The van der Waals surface area contributed by atoms with Crippen molar-refractivity contribution in [3.8, 4) is 6.07 Å². The van der Waals surface area contributed by atoms with Crippen LogP contribution in [0.2, 0.25) is 0 Å². The Morgan fingerprint density at radius 2 is 1.86 bits per heavy atom. The number of rotatable bonds is 3. The number of anilines is 1. The largest absolute Gasteiger partial charge is 0.481 e. The maximum Gasteiger partial charge on any atom is 0.306 e. The van der Waals surface area contributed by atoms with Crippen molar-refractivity contribution in [1.82, 2.24) is 0 Å². The molecule has 1 aromatic rings. The molecule has 0 unspecified atom stereocenters. The Balaban J connectivity index is 2.00. The molecule has 0 aliphatic heterocycles. The zero-order chi connectivity index (χ0) is 15.4. The van der Waals surface area contributed by atoms with Gasteiger partial charge >= 0.3 is 5.97 Å². The first-order valence-corrected chi connectivity index (χ1v) is 7.54. The molecule has 0 aromatic heterocycles. The smallest absolute Gasteiger partial charge is 0.306 e. The Kier molecular flexibility index (Phi) is 4.97. The normalized spacial score (nSPS) is 21.3. The number of carbonyl (C=O) groups is 2. The number of carbonyl (C=O) groups excluding carboxylic acids is 1. The van der Waals surface area contributed by atoms with Gasteiger partial charge in [-0.1, -0.05) is 15.9 Å². The van der Waals surface area contributed by atoms with E-state index < -0.39 is 5.97 Å². The van der Waals surface area contributed by atoms with E-state index in [4.69, 9.17) is 10.4 Å². The summed E-state index contributed by atoms with van der Waals surface area (Å²) in [5.74, 6) is -1.45.